The fourth-order valence-electron chi connectivity index (χ4n) is 3.41. The lowest BCUT2D eigenvalue weighted by molar-refractivity contribution is -0.134. The standard InChI is InChI=1S/C16H19BrN2O2/c1-11-4-2-3-9-16(11)14(20)19(15(21)18-16)10-12-5-7-13(17)8-6-12/h5-8,11H,2-4,9-10H2,1H3,(H,18,21)/t11-,16-/m1/s1. The Bertz CT molecular complexity index is 572. The first-order valence-corrected chi connectivity index (χ1v) is 8.21. The summed E-state index contributed by atoms with van der Waals surface area (Å²) in [6, 6.07) is 7.45. The van der Waals surface area contributed by atoms with Gasteiger partial charge in [-0.15, -0.1) is 0 Å². The summed E-state index contributed by atoms with van der Waals surface area (Å²) in [5.41, 5.74) is 0.298. The average Bonchev–Trinajstić information content (AvgIpc) is 2.70. The molecule has 1 saturated carbocycles. The molecule has 21 heavy (non-hydrogen) atoms. The molecule has 112 valence electrons. The average molecular weight is 351 g/mol. The first-order valence-electron chi connectivity index (χ1n) is 7.41. The van der Waals surface area contributed by atoms with Gasteiger partial charge >= 0.3 is 6.03 Å². The molecule has 1 N–H and O–H groups in total. The van der Waals surface area contributed by atoms with Gasteiger partial charge in [0, 0.05) is 4.47 Å². The maximum Gasteiger partial charge on any atom is 0.325 e. The van der Waals surface area contributed by atoms with Gasteiger partial charge in [0.2, 0.25) is 0 Å². The van der Waals surface area contributed by atoms with E-state index in [0.717, 1.165) is 35.7 Å². The number of benzene rings is 1. The highest BCUT2D eigenvalue weighted by atomic mass is 79.9. The lowest BCUT2D eigenvalue weighted by atomic mass is 9.73. The zero-order valence-corrected chi connectivity index (χ0v) is 13.6. The molecule has 0 radical (unpaired) electrons. The first kappa shape index (κ1) is 14.6. The molecule has 0 bridgehead atoms. The number of amides is 3. The Hall–Kier alpha value is -1.36. The molecule has 1 heterocycles. The number of nitrogens with zero attached hydrogens (tertiary/aromatic N) is 1. The Morgan fingerprint density at radius 2 is 2.00 bits per heavy atom. The van der Waals surface area contributed by atoms with Gasteiger partial charge in [-0.05, 0) is 36.5 Å². The fourth-order valence-corrected chi connectivity index (χ4v) is 3.68. The van der Waals surface area contributed by atoms with E-state index in [0.29, 0.717) is 6.54 Å². The molecule has 2 fully saturated rings. The number of halogens is 1. The van der Waals surface area contributed by atoms with Gasteiger partial charge in [-0.25, -0.2) is 4.79 Å². The number of carbonyl (C=O) groups is 2. The number of imide groups is 1. The molecule has 1 aliphatic carbocycles. The summed E-state index contributed by atoms with van der Waals surface area (Å²) >= 11 is 3.39. The molecule has 1 aromatic rings. The van der Waals surface area contributed by atoms with E-state index in [4.69, 9.17) is 0 Å². The van der Waals surface area contributed by atoms with E-state index in [-0.39, 0.29) is 17.9 Å². The summed E-state index contributed by atoms with van der Waals surface area (Å²) < 4.78 is 0.987. The SMILES string of the molecule is C[C@@H]1CCCC[C@@]12NC(=O)N(Cc1ccc(Br)cc1)C2=O. The summed E-state index contributed by atoms with van der Waals surface area (Å²) in [5.74, 6) is 0.153. The maximum absolute atomic E-state index is 12.8. The molecule has 0 unspecified atom stereocenters. The monoisotopic (exact) mass is 350 g/mol. The van der Waals surface area contributed by atoms with Gasteiger partial charge in [-0.2, -0.15) is 0 Å². The van der Waals surface area contributed by atoms with Crippen molar-refractivity contribution in [1.82, 2.24) is 10.2 Å². The van der Waals surface area contributed by atoms with Gasteiger partial charge in [0.25, 0.3) is 5.91 Å². The molecule has 3 amide bonds. The van der Waals surface area contributed by atoms with Crippen molar-refractivity contribution >= 4 is 27.9 Å². The van der Waals surface area contributed by atoms with Crippen LogP contribution in [0, 0.1) is 5.92 Å². The van der Waals surface area contributed by atoms with Crippen LogP contribution < -0.4 is 5.32 Å². The predicted octanol–water partition coefficient (Wildman–Crippen LogP) is 3.45. The Labute approximate surface area is 133 Å². The Kier molecular flexibility index (Phi) is 3.78. The first-order chi connectivity index (χ1) is 10.0. The third-order valence-corrected chi connectivity index (χ3v) is 5.28. The minimum Gasteiger partial charge on any atom is -0.323 e. The van der Waals surface area contributed by atoms with Crippen LogP contribution in [0.15, 0.2) is 28.7 Å². The molecule has 2 atom stereocenters. The second kappa shape index (κ2) is 5.44. The van der Waals surface area contributed by atoms with Crippen molar-refractivity contribution < 1.29 is 9.59 Å². The van der Waals surface area contributed by atoms with Crippen LogP contribution in [0.3, 0.4) is 0 Å². The number of hydrogen-bond donors (Lipinski definition) is 1. The van der Waals surface area contributed by atoms with E-state index >= 15 is 0 Å². The zero-order chi connectivity index (χ0) is 15.0. The molecular formula is C16H19BrN2O2. The molecule has 1 aromatic carbocycles. The highest BCUT2D eigenvalue weighted by molar-refractivity contribution is 9.10. The van der Waals surface area contributed by atoms with Gasteiger partial charge in [0.1, 0.15) is 5.54 Å². The topological polar surface area (TPSA) is 49.4 Å². The lowest BCUT2D eigenvalue weighted by Gasteiger charge is -2.36. The molecule has 3 rings (SSSR count). The van der Waals surface area contributed by atoms with Crippen LogP contribution in [0.25, 0.3) is 0 Å². The number of nitrogens with one attached hydrogen (secondary N) is 1. The lowest BCUT2D eigenvalue weighted by Crippen LogP contribution is -2.53. The van der Waals surface area contributed by atoms with Gasteiger partial charge in [0.15, 0.2) is 0 Å². The van der Waals surface area contributed by atoms with Crippen LogP contribution in [0.5, 0.6) is 0 Å². The van der Waals surface area contributed by atoms with Crippen LogP contribution in [0.1, 0.15) is 38.2 Å². The summed E-state index contributed by atoms with van der Waals surface area (Å²) in [7, 11) is 0. The van der Waals surface area contributed by atoms with Crippen molar-refractivity contribution in [2.24, 2.45) is 5.92 Å². The predicted molar refractivity (Wildman–Crippen MR) is 83.6 cm³/mol. The highest BCUT2D eigenvalue weighted by Crippen LogP contribution is 2.38. The quantitative estimate of drug-likeness (QED) is 0.830. The largest absolute Gasteiger partial charge is 0.325 e. The summed E-state index contributed by atoms with van der Waals surface area (Å²) in [5, 5.41) is 2.98. The second-order valence-corrected chi connectivity index (χ2v) is 6.98. The number of carbonyl (C=O) groups excluding carboxylic acids is 2. The van der Waals surface area contributed by atoms with Gasteiger partial charge in [0.05, 0.1) is 6.54 Å². The Morgan fingerprint density at radius 3 is 2.67 bits per heavy atom. The number of urea groups is 1. The van der Waals surface area contributed by atoms with Crippen molar-refractivity contribution in [1.29, 1.82) is 0 Å². The van der Waals surface area contributed by atoms with E-state index in [9.17, 15) is 9.59 Å². The van der Waals surface area contributed by atoms with E-state index in [1.54, 1.807) is 0 Å². The third kappa shape index (κ3) is 2.48. The van der Waals surface area contributed by atoms with Gasteiger partial charge in [-0.1, -0.05) is 47.8 Å². The van der Waals surface area contributed by atoms with E-state index in [2.05, 4.69) is 28.2 Å². The van der Waals surface area contributed by atoms with Gasteiger partial charge < -0.3 is 5.32 Å². The van der Waals surface area contributed by atoms with Crippen LogP contribution in [0.4, 0.5) is 4.79 Å². The molecule has 4 nitrogen and oxygen atoms in total. The van der Waals surface area contributed by atoms with Crippen LogP contribution in [-0.4, -0.2) is 22.4 Å². The Morgan fingerprint density at radius 1 is 1.29 bits per heavy atom. The summed E-state index contributed by atoms with van der Waals surface area (Å²) in [6.45, 7) is 2.41. The molecule has 5 heteroatoms. The molecular weight excluding hydrogens is 332 g/mol. The normalized spacial score (nSPS) is 29.0. The fraction of sp³-hybridized carbons (Fsp3) is 0.500. The molecule has 1 aliphatic heterocycles. The van der Waals surface area contributed by atoms with E-state index in [1.165, 1.54) is 4.90 Å². The van der Waals surface area contributed by atoms with Crippen LogP contribution in [-0.2, 0) is 11.3 Å². The van der Waals surface area contributed by atoms with E-state index in [1.807, 2.05) is 24.3 Å². The van der Waals surface area contributed by atoms with Crippen LogP contribution >= 0.6 is 15.9 Å². The maximum atomic E-state index is 12.8. The molecule has 1 spiro atoms. The minimum atomic E-state index is -0.662. The van der Waals surface area contributed by atoms with Crippen molar-refractivity contribution in [3.63, 3.8) is 0 Å². The number of rotatable bonds is 2. The summed E-state index contributed by atoms with van der Waals surface area (Å²) in [6.07, 6.45) is 3.90. The highest BCUT2D eigenvalue weighted by Gasteiger charge is 2.54. The smallest absolute Gasteiger partial charge is 0.323 e. The van der Waals surface area contributed by atoms with Gasteiger partial charge in [-0.3, -0.25) is 9.69 Å². The summed E-state index contributed by atoms with van der Waals surface area (Å²) in [4.78, 5) is 26.4. The Balaban J connectivity index is 1.82. The van der Waals surface area contributed by atoms with Crippen molar-refractivity contribution in [2.75, 3.05) is 0 Å². The second-order valence-electron chi connectivity index (χ2n) is 6.07. The minimum absolute atomic E-state index is 0.0531. The molecule has 0 aromatic heterocycles. The van der Waals surface area contributed by atoms with Crippen molar-refractivity contribution in [3.05, 3.63) is 34.3 Å². The van der Waals surface area contributed by atoms with Crippen LogP contribution in [0.2, 0.25) is 0 Å². The third-order valence-electron chi connectivity index (χ3n) is 4.76. The van der Waals surface area contributed by atoms with Crippen molar-refractivity contribution in [3.8, 4) is 0 Å². The molecule has 1 saturated heterocycles. The van der Waals surface area contributed by atoms with Crippen molar-refractivity contribution in [2.45, 2.75) is 44.7 Å². The van der Waals surface area contributed by atoms with E-state index < -0.39 is 5.54 Å². The zero-order valence-electron chi connectivity index (χ0n) is 12.1. The molecule has 2 aliphatic rings. The number of hydrogen-bond acceptors (Lipinski definition) is 2.